The standard InChI is InChI=1S/C9H8ClFO2/c1-5-7(10)4-3-6(8(5)11)9(12)13-2/h3-4H,1-2H3. The number of hydrogen-bond donors (Lipinski definition) is 0. The zero-order valence-corrected chi connectivity index (χ0v) is 7.98. The van der Waals surface area contributed by atoms with Crippen LogP contribution in [-0.2, 0) is 4.74 Å². The van der Waals surface area contributed by atoms with Crippen LogP contribution in [0.1, 0.15) is 15.9 Å². The highest BCUT2D eigenvalue weighted by Gasteiger charge is 2.15. The van der Waals surface area contributed by atoms with Crippen molar-refractivity contribution in [2.24, 2.45) is 0 Å². The van der Waals surface area contributed by atoms with Gasteiger partial charge in [0.25, 0.3) is 0 Å². The fraction of sp³-hybridized carbons (Fsp3) is 0.222. The first-order chi connectivity index (χ1) is 6.07. The second kappa shape index (κ2) is 3.75. The molecule has 0 heterocycles. The van der Waals surface area contributed by atoms with E-state index in [1.807, 2.05) is 0 Å². The van der Waals surface area contributed by atoms with Crippen molar-refractivity contribution in [2.75, 3.05) is 7.11 Å². The Labute approximate surface area is 80.3 Å². The number of carbonyl (C=O) groups is 1. The summed E-state index contributed by atoms with van der Waals surface area (Å²) in [4.78, 5) is 11.0. The number of ether oxygens (including phenoxy) is 1. The number of carbonyl (C=O) groups excluding carboxylic acids is 1. The van der Waals surface area contributed by atoms with Crippen LogP contribution in [0.3, 0.4) is 0 Å². The van der Waals surface area contributed by atoms with Crippen LogP contribution in [0.4, 0.5) is 4.39 Å². The van der Waals surface area contributed by atoms with Gasteiger partial charge in [-0.05, 0) is 19.1 Å². The summed E-state index contributed by atoms with van der Waals surface area (Å²) in [6.45, 7) is 1.50. The van der Waals surface area contributed by atoms with Crippen LogP contribution in [-0.4, -0.2) is 13.1 Å². The van der Waals surface area contributed by atoms with Crippen molar-refractivity contribution in [3.63, 3.8) is 0 Å². The van der Waals surface area contributed by atoms with E-state index < -0.39 is 11.8 Å². The third-order valence-electron chi connectivity index (χ3n) is 1.73. The van der Waals surface area contributed by atoms with Gasteiger partial charge in [0.1, 0.15) is 5.82 Å². The molecular weight excluding hydrogens is 195 g/mol. The highest BCUT2D eigenvalue weighted by molar-refractivity contribution is 6.31. The molecular formula is C9H8ClFO2. The molecule has 0 bridgehead atoms. The maximum Gasteiger partial charge on any atom is 0.340 e. The average Bonchev–Trinajstić information content (AvgIpc) is 2.13. The van der Waals surface area contributed by atoms with Crippen molar-refractivity contribution >= 4 is 17.6 Å². The molecule has 0 saturated carbocycles. The lowest BCUT2D eigenvalue weighted by atomic mass is 10.1. The summed E-state index contributed by atoms with van der Waals surface area (Å²) < 4.78 is 17.7. The SMILES string of the molecule is COC(=O)c1ccc(Cl)c(C)c1F. The molecule has 4 heteroatoms. The van der Waals surface area contributed by atoms with E-state index in [9.17, 15) is 9.18 Å². The van der Waals surface area contributed by atoms with Crippen LogP contribution in [0, 0.1) is 12.7 Å². The normalized spacial score (nSPS) is 9.85. The van der Waals surface area contributed by atoms with Gasteiger partial charge in [-0.2, -0.15) is 0 Å². The Kier molecular flexibility index (Phi) is 2.88. The lowest BCUT2D eigenvalue weighted by molar-refractivity contribution is 0.0595. The molecule has 0 saturated heterocycles. The maximum atomic E-state index is 13.3. The van der Waals surface area contributed by atoms with Gasteiger partial charge in [0.05, 0.1) is 12.7 Å². The van der Waals surface area contributed by atoms with E-state index in [-0.39, 0.29) is 11.1 Å². The topological polar surface area (TPSA) is 26.3 Å². The van der Waals surface area contributed by atoms with Gasteiger partial charge in [0.2, 0.25) is 0 Å². The minimum atomic E-state index is -0.697. The predicted molar refractivity (Wildman–Crippen MR) is 47.5 cm³/mol. The smallest absolute Gasteiger partial charge is 0.340 e. The molecule has 1 aromatic carbocycles. The van der Waals surface area contributed by atoms with E-state index in [1.165, 1.54) is 26.2 Å². The summed E-state index contributed by atoms with van der Waals surface area (Å²) in [6, 6.07) is 2.77. The number of esters is 1. The number of halogens is 2. The Morgan fingerprint density at radius 3 is 2.69 bits per heavy atom. The van der Waals surface area contributed by atoms with E-state index in [4.69, 9.17) is 11.6 Å². The second-order valence-corrected chi connectivity index (χ2v) is 2.93. The monoisotopic (exact) mass is 202 g/mol. The molecule has 0 atom stereocenters. The van der Waals surface area contributed by atoms with Crippen LogP contribution in [0.15, 0.2) is 12.1 Å². The summed E-state index contributed by atoms with van der Waals surface area (Å²) in [6.07, 6.45) is 0. The highest BCUT2D eigenvalue weighted by Crippen LogP contribution is 2.21. The second-order valence-electron chi connectivity index (χ2n) is 2.53. The maximum absolute atomic E-state index is 13.3. The molecule has 0 aliphatic heterocycles. The number of methoxy groups -OCH3 is 1. The molecule has 0 unspecified atom stereocenters. The molecule has 13 heavy (non-hydrogen) atoms. The summed E-state index contributed by atoms with van der Waals surface area (Å²) >= 11 is 5.64. The van der Waals surface area contributed by atoms with E-state index >= 15 is 0 Å². The van der Waals surface area contributed by atoms with Crippen molar-refractivity contribution < 1.29 is 13.9 Å². The Balaban J connectivity index is 3.26. The Hall–Kier alpha value is -1.09. The van der Waals surface area contributed by atoms with Gasteiger partial charge in [-0.1, -0.05) is 11.6 Å². The van der Waals surface area contributed by atoms with Crippen molar-refractivity contribution in [2.45, 2.75) is 6.92 Å². The van der Waals surface area contributed by atoms with E-state index in [2.05, 4.69) is 4.74 Å². The minimum Gasteiger partial charge on any atom is -0.465 e. The molecule has 1 aromatic rings. The molecule has 0 fully saturated rings. The van der Waals surface area contributed by atoms with E-state index in [0.717, 1.165) is 0 Å². The Morgan fingerprint density at radius 1 is 1.54 bits per heavy atom. The van der Waals surface area contributed by atoms with Crippen molar-refractivity contribution in [1.29, 1.82) is 0 Å². The summed E-state index contributed by atoms with van der Waals surface area (Å²) in [5.74, 6) is -1.32. The first-order valence-electron chi connectivity index (χ1n) is 3.61. The molecule has 0 spiro atoms. The first-order valence-corrected chi connectivity index (χ1v) is 3.98. The predicted octanol–water partition coefficient (Wildman–Crippen LogP) is 2.57. The van der Waals surface area contributed by atoms with Crippen molar-refractivity contribution in [3.8, 4) is 0 Å². The largest absolute Gasteiger partial charge is 0.465 e. The van der Waals surface area contributed by atoms with Gasteiger partial charge in [-0.15, -0.1) is 0 Å². The molecule has 0 aliphatic rings. The molecule has 2 nitrogen and oxygen atoms in total. The summed E-state index contributed by atoms with van der Waals surface area (Å²) in [7, 11) is 1.20. The number of benzene rings is 1. The molecule has 0 aromatic heterocycles. The number of rotatable bonds is 1. The van der Waals surface area contributed by atoms with Crippen LogP contribution in [0.5, 0.6) is 0 Å². The van der Waals surface area contributed by atoms with Gasteiger partial charge < -0.3 is 4.74 Å². The zero-order chi connectivity index (χ0) is 10.0. The molecule has 1 rings (SSSR count). The van der Waals surface area contributed by atoms with Gasteiger partial charge in [0.15, 0.2) is 0 Å². The van der Waals surface area contributed by atoms with Crippen LogP contribution < -0.4 is 0 Å². The van der Waals surface area contributed by atoms with Crippen LogP contribution >= 0.6 is 11.6 Å². The van der Waals surface area contributed by atoms with Crippen molar-refractivity contribution in [1.82, 2.24) is 0 Å². The molecule has 0 N–H and O–H groups in total. The summed E-state index contributed by atoms with van der Waals surface area (Å²) in [5.41, 5.74) is 0.161. The minimum absolute atomic E-state index is 0.0931. The third-order valence-corrected chi connectivity index (χ3v) is 2.14. The number of hydrogen-bond acceptors (Lipinski definition) is 2. The molecule has 70 valence electrons. The van der Waals surface area contributed by atoms with Gasteiger partial charge in [0, 0.05) is 10.6 Å². The van der Waals surface area contributed by atoms with Gasteiger partial charge in [-0.25, -0.2) is 9.18 Å². The summed E-state index contributed by atoms with van der Waals surface area (Å²) in [5, 5.41) is 0.296. The van der Waals surface area contributed by atoms with E-state index in [1.54, 1.807) is 0 Å². The Morgan fingerprint density at radius 2 is 2.15 bits per heavy atom. The lowest BCUT2D eigenvalue weighted by Gasteiger charge is -2.04. The third kappa shape index (κ3) is 1.80. The highest BCUT2D eigenvalue weighted by atomic mass is 35.5. The average molecular weight is 203 g/mol. The van der Waals surface area contributed by atoms with Crippen LogP contribution in [0.25, 0.3) is 0 Å². The first kappa shape index (κ1) is 9.99. The molecule has 0 amide bonds. The lowest BCUT2D eigenvalue weighted by Crippen LogP contribution is -2.05. The van der Waals surface area contributed by atoms with Crippen LogP contribution in [0.2, 0.25) is 5.02 Å². The quantitative estimate of drug-likeness (QED) is 0.655. The molecule has 0 aliphatic carbocycles. The Bertz CT molecular complexity index is 350. The zero-order valence-electron chi connectivity index (χ0n) is 7.23. The van der Waals surface area contributed by atoms with E-state index in [0.29, 0.717) is 5.02 Å². The van der Waals surface area contributed by atoms with Crippen molar-refractivity contribution in [3.05, 3.63) is 34.1 Å². The molecule has 0 radical (unpaired) electrons. The fourth-order valence-corrected chi connectivity index (χ4v) is 1.08. The van der Waals surface area contributed by atoms with Gasteiger partial charge >= 0.3 is 5.97 Å². The van der Waals surface area contributed by atoms with Gasteiger partial charge in [-0.3, -0.25) is 0 Å². The fourth-order valence-electron chi connectivity index (χ4n) is 0.929.